The van der Waals surface area contributed by atoms with Gasteiger partial charge >= 0.3 is 11.9 Å². The van der Waals surface area contributed by atoms with Crippen LogP contribution in [0.4, 0.5) is 24.5 Å². The number of nitro groups is 1. The molecule has 3 N–H and O–H groups in total. The topological polar surface area (TPSA) is 135 Å². The number of nitrogens with one attached hydrogen (secondary N) is 1. The van der Waals surface area contributed by atoms with Crippen molar-refractivity contribution in [3.63, 3.8) is 0 Å². The van der Waals surface area contributed by atoms with E-state index in [1.54, 1.807) is 0 Å². The highest BCUT2D eigenvalue weighted by atomic mass is 19.4. The molecule has 28 heavy (non-hydrogen) atoms. The van der Waals surface area contributed by atoms with Gasteiger partial charge in [-0.1, -0.05) is 5.59 Å². The van der Waals surface area contributed by atoms with Gasteiger partial charge in [0.05, 0.1) is 16.7 Å². The maximum Gasteiger partial charge on any atom is 0.418 e. The Morgan fingerprint density at radius 3 is 2.57 bits per heavy atom. The molecule has 1 aromatic carbocycles. The molecule has 0 spiro atoms. The van der Waals surface area contributed by atoms with Gasteiger partial charge in [0.2, 0.25) is 11.9 Å². The van der Waals surface area contributed by atoms with Gasteiger partial charge in [0.15, 0.2) is 17.2 Å². The van der Waals surface area contributed by atoms with Crippen molar-refractivity contribution in [1.29, 1.82) is 0 Å². The lowest BCUT2D eigenvalue weighted by Gasteiger charge is -2.19. The first-order valence-electron chi connectivity index (χ1n) is 7.44. The monoisotopic (exact) mass is 400 g/mol. The molecular weight excluding hydrogens is 389 g/mol. The summed E-state index contributed by atoms with van der Waals surface area (Å²) in [6.45, 7) is 1.21. The van der Waals surface area contributed by atoms with E-state index in [0.29, 0.717) is 12.3 Å². The van der Waals surface area contributed by atoms with Crippen LogP contribution in [0.15, 0.2) is 30.6 Å². The molecular formula is C15H11F3N4O6. The van der Waals surface area contributed by atoms with Crippen molar-refractivity contribution < 1.29 is 37.9 Å². The van der Waals surface area contributed by atoms with Gasteiger partial charge in [-0.15, -0.1) is 0 Å². The molecule has 2 aromatic rings. The standard InChI is InChI=1S/C15H11F3N4O6/c1-7-2-9(15(16,17)18)11(5-21(7)25)20-6-13(28-19-20)8-3-10(22(26)27)14(24)12(23)4-8/h2-6,19,23-24H,1H3. The van der Waals surface area contributed by atoms with Crippen LogP contribution < -0.4 is 15.3 Å². The number of pyridine rings is 1. The van der Waals surface area contributed by atoms with Crippen LogP contribution in [0.1, 0.15) is 16.8 Å². The summed E-state index contributed by atoms with van der Waals surface area (Å²) in [7, 11) is 0. The van der Waals surface area contributed by atoms with Crippen molar-refractivity contribution in [1.82, 2.24) is 5.59 Å². The number of aromatic nitrogens is 1. The fourth-order valence-electron chi connectivity index (χ4n) is 2.45. The highest BCUT2D eigenvalue weighted by Gasteiger charge is 2.38. The third-order valence-electron chi connectivity index (χ3n) is 3.83. The molecule has 2 heterocycles. The number of aromatic hydroxyl groups is 2. The zero-order chi connectivity index (χ0) is 20.8. The zero-order valence-corrected chi connectivity index (χ0v) is 13.9. The van der Waals surface area contributed by atoms with Crippen LogP contribution in [0.5, 0.6) is 11.5 Å². The lowest BCUT2D eigenvalue weighted by molar-refractivity contribution is -0.611. The number of anilines is 1. The molecule has 0 saturated heterocycles. The first kappa shape index (κ1) is 19.0. The molecule has 0 atom stereocenters. The minimum absolute atomic E-state index is 0.104. The number of benzene rings is 1. The number of rotatable bonds is 3. The van der Waals surface area contributed by atoms with E-state index in [1.165, 1.54) is 6.92 Å². The fourth-order valence-corrected chi connectivity index (χ4v) is 2.45. The summed E-state index contributed by atoms with van der Waals surface area (Å²) in [5.74, 6) is -2.00. The molecule has 1 aliphatic rings. The Bertz CT molecular complexity index is 1010. The van der Waals surface area contributed by atoms with Gasteiger partial charge < -0.3 is 20.3 Å². The molecule has 13 heteroatoms. The van der Waals surface area contributed by atoms with Crippen molar-refractivity contribution in [2.45, 2.75) is 13.1 Å². The second-order valence-electron chi connectivity index (χ2n) is 5.71. The molecule has 0 saturated carbocycles. The lowest BCUT2D eigenvalue weighted by atomic mass is 10.1. The van der Waals surface area contributed by atoms with E-state index in [2.05, 4.69) is 5.59 Å². The van der Waals surface area contributed by atoms with Crippen LogP contribution in [0.2, 0.25) is 0 Å². The molecule has 3 rings (SSSR count). The Morgan fingerprint density at radius 1 is 1.29 bits per heavy atom. The smallest absolute Gasteiger partial charge is 0.418 e. The van der Waals surface area contributed by atoms with Crippen LogP contribution in [-0.4, -0.2) is 15.1 Å². The van der Waals surface area contributed by atoms with Crippen molar-refractivity contribution in [2.75, 3.05) is 5.01 Å². The average Bonchev–Trinajstić information content (AvgIpc) is 3.08. The summed E-state index contributed by atoms with van der Waals surface area (Å²) < 4.78 is 40.2. The predicted molar refractivity (Wildman–Crippen MR) is 86.2 cm³/mol. The summed E-state index contributed by atoms with van der Waals surface area (Å²) in [5, 5.41) is 42.5. The van der Waals surface area contributed by atoms with Gasteiger partial charge in [0, 0.05) is 24.6 Å². The van der Waals surface area contributed by atoms with E-state index >= 15 is 0 Å². The quantitative estimate of drug-likeness (QED) is 0.235. The first-order chi connectivity index (χ1) is 13.0. The molecule has 1 aliphatic heterocycles. The minimum Gasteiger partial charge on any atom is -0.618 e. The highest BCUT2D eigenvalue weighted by molar-refractivity contribution is 5.72. The van der Waals surface area contributed by atoms with Crippen LogP contribution in [0, 0.1) is 22.2 Å². The SMILES string of the molecule is Cc1cc(C(F)(F)F)c(N2C=C(c3cc(O)c(O)c([N+](=O)[O-])c3)ON2)c[n+]1[O-]. The average molecular weight is 400 g/mol. The number of nitro benzene ring substituents is 1. The molecule has 0 radical (unpaired) electrons. The minimum atomic E-state index is -4.78. The summed E-state index contributed by atoms with van der Waals surface area (Å²) in [5.41, 5.74) is -0.682. The van der Waals surface area contributed by atoms with E-state index in [4.69, 9.17) is 4.84 Å². The molecule has 0 fully saturated rings. The molecule has 148 valence electrons. The zero-order valence-electron chi connectivity index (χ0n) is 13.9. The van der Waals surface area contributed by atoms with Crippen LogP contribution in [0.3, 0.4) is 0 Å². The highest BCUT2D eigenvalue weighted by Crippen LogP contribution is 2.40. The van der Waals surface area contributed by atoms with Crippen molar-refractivity contribution in [2.24, 2.45) is 0 Å². The van der Waals surface area contributed by atoms with E-state index in [-0.39, 0.29) is 21.7 Å². The number of alkyl halides is 3. The Balaban J connectivity index is 2.07. The third kappa shape index (κ3) is 3.29. The molecule has 1 aromatic heterocycles. The van der Waals surface area contributed by atoms with E-state index in [9.17, 15) is 38.7 Å². The van der Waals surface area contributed by atoms with E-state index < -0.39 is 39.5 Å². The number of hydrogen-bond acceptors (Lipinski definition) is 8. The number of nitrogens with zero attached hydrogens (tertiary/aromatic N) is 3. The first-order valence-corrected chi connectivity index (χ1v) is 7.44. The summed E-state index contributed by atoms with van der Waals surface area (Å²) in [4.78, 5) is 15.0. The van der Waals surface area contributed by atoms with Crippen LogP contribution in [-0.2, 0) is 11.0 Å². The Labute approximate surface area is 154 Å². The number of phenolic OH excluding ortho intramolecular Hbond substituents is 2. The summed E-state index contributed by atoms with van der Waals surface area (Å²) >= 11 is 0. The lowest BCUT2D eigenvalue weighted by Crippen LogP contribution is -2.36. The van der Waals surface area contributed by atoms with Crippen molar-refractivity contribution in [3.8, 4) is 11.5 Å². The fraction of sp³-hybridized carbons (Fsp3) is 0.133. The number of hydrazine groups is 1. The van der Waals surface area contributed by atoms with Gasteiger partial charge in [0.25, 0.3) is 0 Å². The molecule has 10 nitrogen and oxygen atoms in total. The van der Waals surface area contributed by atoms with Gasteiger partial charge in [-0.2, -0.15) is 17.9 Å². The van der Waals surface area contributed by atoms with Gasteiger partial charge in [-0.3, -0.25) is 10.1 Å². The number of aryl methyl sites for hydroxylation is 1. The summed E-state index contributed by atoms with van der Waals surface area (Å²) in [6.07, 6.45) is -3.09. The van der Waals surface area contributed by atoms with Crippen molar-refractivity contribution >= 4 is 17.1 Å². The molecule has 0 amide bonds. The molecule has 0 bridgehead atoms. The van der Waals surface area contributed by atoms with E-state index in [1.807, 2.05) is 0 Å². The number of halogens is 3. The van der Waals surface area contributed by atoms with Gasteiger partial charge in [0.1, 0.15) is 5.69 Å². The second kappa shape index (κ2) is 6.45. The second-order valence-corrected chi connectivity index (χ2v) is 5.71. The largest absolute Gasteiger partial charge is 0.618 e. The van der Waals surface area contributed by atoms with Gasteiger partial charge in [-0.05, 0) is 6.07 Å². The number of phenols is 2. The Kier molecular flexibility index (Phi) is 4.39. The maximum absolute atomic E-state index is 13.3. The van der Waals surface area contributed by atoms with E-state index in [0.717, 1.165) is 23.3 Å². The molecule has 0 aliphatic carbocycles. The van der Waals surface area contributed by atoms with Crippen LogP contribution >= 0.6 is 0 Å². The normalized spacial score (nSPS) is 14.0. The third-order valence-corrected chi connectivity index (χ3v) is 3.83. The Morgan fingerprint density at radius 2 is 1.96 bits per heavy atom. The predicted octanol–water partition coefficient (Wildman–Crippen LogP) is 2.22. The van der Waals surface area contributed by atoms with Gasteiger partial charge in [-0.25, -0.2) is 5.01 Å². The van der Waals surface area contributed by atoms with Crippen molar-refractivity contribution in [3.05, 3.63) is 62.7 Å². The summed E-state index contributed by atoms with van der Waals surface area (Å²) in [6, 6.07) is 2.44. The Hall–Kier alpha value is -3.74. The maximum atomic E-state index is 13.3. The molecule has 0 unspecified atom stereocenters. The number of hydrogen-bond donors (Lipinski definition) is 3. The van der Waals surface area contributed by atoms with Crippen LogP contribution in [0.25, 0.3) is 5.76 Å².